The lowest BCUT2D eigenvalue weighted by atomic mass is 9.76. The average Bonchev–Trinajstić information content (AvgIpc) is 2.78. The van der Waals surface area contributed by atoms with Crippen molar-refractivity contribution < 1.29 is 0 Å². The van der Waals surface area contributed by atoms with Gasteiger partial charge in [0.1, 0.15) is 5.54 Å². The van der Waals surface area contributed by atoms with Crippen LogP contribution in [0.5, 0.6) is 0 Å². The lowest BCUT2D eigenvalue weighted by Gasteiger charge is -2.44. The molecule has 0 aliphatic carbocycles. The van der Waals surface area contributed by atoms with Crippen LogP contribution in [0.2, 0.25) is 0 Å². The van der Waals surface area contributed by atoms with Gasteiger partial charge in [-0.05, 0) is 29.2 Å². The first-order valence-corrected chi connectivity index (χ1v) is 9.54. The number of hydrazone groups is 1. The van der Waals surface area contributed by atoms with Gasteiger partial charge in [0.15, 0.2) is 0 Å². The number of hydrogen-bond acceptors (Lipinski definition) is 2. The first-order valence-electron chi connectivity index (χ1n) is 9.54. The molecule has 0 heterocycles. The predicted octanol–water partition coefficient (Wildman–Crippen LogP) is 6.38. The van der Waals surface area contributed by atoms with E-state index >= 15 is 0 Å². The number of allylic oxidation sites excluding steroid dienone is 3. The van der Waals surface area contributed by atoms with Gasteiger partial charge < -0.3 is 0 Å². The molecule has 0 spiro atoms. The molecule has 0 atom stereocenters. The van der Waals surface area contributed by atoms with Crippen molar-refractivity contribution in [1.82, 2.24) is 5.01 Å². The summed E-state index contributed by atoms with van der Waals surface area (Å²) in [4.78, 5) is 0. The second-order valence-corrected chi connectivity index (χ2v) is 6.51. The van der Waals surface area contributed by atoms with Crippen molar-refractivity contribution in [3.63, 3.8) is 0 Å². The second-order valence-electron chi connectivity index (χ2n) is 6.51. The zero-order valence-electron chi connectivity index (χ0n) is 16.3. The van der Waals surface area contributed by atoms with Crippen LogP contribution in [0.1, 0.15) is 30.0 Å². The number of hydrogen-bond donors (Lipinski definition) is 0. The molecule has 0 saturated carbocycles. The third kappa shape index (κ3) is 3.41. The standard InChI is InChI=1S/C26H26N2/c1-4-15-25(5-2)28(27-3)26(22-16-9-6-10-17-22,23-18-11-7-12-19-23)24-20-13-8-14-21-24/h4,6-21H,1,3,5H2,2H3/b25-15+. The molecule has 0 radical (unpaired) electrons. The normalized spacial score (nSPS) is 11.7. The van der Waals surface area contributed by atoms with Crippen molar-refractivity contribution >= 4 is 6.72 Å². The van der Waals surface area contributed by atoms with Crippen LogP contribution in [-0.2, 0) is 5.54 Å². The summed E-state index contributed by atoms with van der Waals surface area (Å²) in [7, 11) is 0. The molecule has 0 N–H and O–H groups in total. The highest BCUT2D eigenvalue weighted by atomic mass is 15.5. The van der Waals surface area contributed by atoms with E-state index in [1.54, 1.807) is 0 Å². The van der Waals surface area contributed by atoms with E-state index in [2.05, 4.69) is 98.1 Å². The van der Waals surface area contributed by atoms with E-state index in [0.29, 0.717) is 0 Å². The lowest BCUT2D eigenvalue weighted by Crippen LogP contribution is -2.44. The number of benzene rings is 3. The smallest absolute Gasteiger partial charge is 0.138 e. The summed E-state index contributed by atoms with van der Waals surface area (Å²) < 4.78 is 0. The van der Waals surface area contributed by atoms with Crippen LogP contribution >= 0.6 is 0 Å². The van der Waals surface area contributed by atoms with Gasteiger partial charge >= 0.3 is 0 Å². The van der Waals surface area contributed by atoms with E-state index in [4.69, 9.17) is 0 Å². The van der Waals surface area contributed by atoms with Crippen LogP contribution < -0.4 is 0 Å². The van der Waals surface area contributed by atoms with Gasteiger partial charge in [-0.15, -0.1) is 0 Å². The molecule has 140 valence electrons. The van der Waals surface area contributed by atoms with Crippen LogP contribution in [0.15, 0.2) is 121 Å². The van der Waals surface area contributed by atoms with Gasteiger partial charge in [-0.1, -0.05) is 111 Å². The van der Waals surface area contributed by atoms with E-state index in [0.717, 1.165) is 28.8 Å². The molecule has 0 aliphatic rings. The maximum atomic E-state index is 4.55. The molecule has 0 bridgehead atoms. The number of rotatable bonds is 8. The summed E-state index contributed by atoms with van der Waals surface area (Å²) in [5, 5.41) is 6.58. The highest BCUT2D eigenvalue weighted by Gasteiger charge is 2.43. The summed E-state index contributed by atoms with van der Waals surface area (Å²) >= 11 is 0. The first-order chi connectivity index (χ1) is 13.8. The molecule has 0 aromatic heterocycles. The Morgan fingerprint density at radius 2 is 1.21 bits per heavy atom. The molecule has 3 aromatic rings. The van der Waals surface area contributed by atoms with Gasteiger partial charge in [-0.3, -0.25) is 5.01 Å². The zero-order valence-corrected chi connectivity index (χ0v) is 16.3. The van der Waals surface area contributed by atoms with Crippen molar-refractivity contribution in [3.05, 3.63) is 132 Å². The van der Waals surface area contributed by atoms with E-state index in [-0.39, 0.29) is 0 Å². The summed E-state index contributed by atoms with van der Waals surface area (Å²) in [5.41, 5.74) is 3.78. The van der Waals surface area contributed by atoms with Crippen LogP contribution in [0, 0.1) is 0 Å². The molecule has 0 fully saturated rings. The third-order valence-electron chi connectivity index (χ3n) is 4.98. The Hall–Kier alpha value is -3.39. The fourth-order valence-corrected chi connectivity index (χ4v) is 3.79. The SMILES string of the molecule is C=C/C=C(\CC)N(N=C)C(c1ccccc1)(c1ccccc1)c1ccccc1. The molecule has 3 rings (SSSR count). The molecule has 28 heavy (non-hydrogen) atoms. The van der Waals surface area contributed by atoms with Crippen molar-refractivity contribution in [2.75, 3.05) is 0 Å². The molecule has 0 aliphatic heterocycles. The van der Waals surface area contributed by atoms with Crippen molar-refractivity contribution in [1.29, 1.82) is 0 Å². The quantitative estimate of drug-likeness (QED) is 0.196. The Morgan fingerprint density at radius 1 is 0.821 bits per heavy atom. The van der Waals surface area contributed by atoms with Crippen LogP contribution in [-0.4, -0.2) is 11.7 Å². The molecule has 0 unspecified atom stereocenters. The van der Waals surface area contributed by atoms with Gasteiger partial charge in [-0.2, -0.15) is 5.10 Å². The summed E-state index contributed by atoms with van der Waals surface area (Å²) in [6.07, 6.45) is 4.63. The van der Waals surface area contributed by atoms with Gasteiger partial charge in [0.25, 0.3) is 0 Å². The Kier molecular flexibility index (Phi) is 6.23. The summed E-state index contributed by atoms with van der Waals surface area (Å²) in [5.74, 6) is 0. The number of nitrogens with zero attached hydrogens (tertiary/aromatic N) is 2. The van der Waals surface area contributed by atoms with Crippen LogP contribution in [0.25, 0.3) is 0 Å². The summed E-state index contributed by atoms with van der Waals surface area (Å²) in [6.45, 7) is 9.98. The van der Waals surface area contributed by atoms with Crippen molar-refractivity contribution in [2.24, 2.45) is 5.10 Å². The zero-order chi connectivity index (χ0) is 19.8. The van der Waals surface area contributed by atoms with Crippen LogP contribution in [0.3, 0.4) is 0 Å². The van der Waals surface area contributed by atoms with Gasteiger partial charge in [0, 0.05) is 12.4 Å². The van der Waals surface area contributed by atoms with Gasteiger partial charge in [-0.25, -0.2) is 0 Å². The van der Waals surface area contributed by atoms with Crippen LogP contribution in [0.4, 0.5) is 0 Å². The highest BCUT2D eigenvalue weighted by Crippen LogP contribution is 2.44. The second kappa shape index (κ2) is 9.01. The fraction of sp³-hybridized carbons (Fsp3) is 0.115. The minimum Gasteiger partial charge on any atom is -0.251 e. The first kappa shape index (κ1) is 19.4. The molecule has 0 amide bonds. The molecular formula is C26H26N2. The highest BCUT2D eigenvalue weighted by molar-refractivity contribution is 5.51. The monoisotopic (exact) mass is 366 g/mol. The van der Waals surface area contributed by atoms with Crippen molar-refractivity contribution in [3.8, 4) is 0 Å². The van der Waals surface area contributed by atoms with Gasteiger partial charge in [0.2, 0.25) is 0 Å². The molecular weight excluding hydrogens is 340 g/mol. The maximum Gasteiger partial charge on any atom is 0.138 e. The maximum absolute atomic E-state index is 4.55. The summed E-state index contributed by atoms with van der Waals surface area (Å²) in [6, 6.07) is 31.4. The molecule has 3 aromatic carbocycles. The molecule has 2 nitrogen and oxygen atoms in total. The molecule has 2 heteroatoms. The van der Waals surface area contributed by atoms with E-state index in [1.807, 2.05) is 35.4 Å². The minimum absolute atomic E-state index is 0.642. The fourth-order valence-electron chi connectivity index (χ4n) is 3.79. The Morgan fingerprint density at radius 3 is 1.50 bits per heavy atom. The van der Waals surface area contributed by atoms with E-state index in [9.17, 15) is 0 Å². The topological polar surface area (TPSA) is 15.6 Å². The Labute approximate surface area is 168 Å². The largest absolute Gasteiger partial charge is 0.251 e. The minimum atomic E-state index is -0.642. The van der Waals surface area contributed by atoms with Crippen molar-refractivity contribution in [2.45, 2.75) is 18.9 Å². The Balaban J connectivity index is 2.45. The lowest BCUT2D eigenvalue weighted by molar-refractivity contribution is 0.214. The molecule has 0 saturated heterocycles. The Bertz CT molecular complexity index is 831. The van der Waals surface area contributed by atoms with Gasteiger partial charge in [0.05, 0.1) is 0 Å². The van der Waals surface area contributed by atoms with E-state index < -0.39 is 5.54 Å². The van der Waals surface area contributed by atoms with E-state index in [1.165, 1.54) is 0 Å². The average molecular weight is 367 g/mol. The third-order valence-corrected chi connectivity index (χ3v) is 4.98. The predicted molar refractivity (Wildman–Crippen MR) is 119 cm³/mol.